The van der Waals surface area contributed by atoms with Crippen LogP contribution in [0.3, 0.4) is 0 Å². The predicted molar refractivity (Wildman–Crippen MR) is 160 cm³/mol. The number of epoxide rings is 1. The van der Waals surface area contributed by atoms with Crippen molar-refractivity contribution in [3.63, 3.8) is 0 Å². The Morgan fingerprint density at radius 3 is 2.20 bits per heavy atom. The highest BCUT2D eigenvalue weighted by atomic mass is 16.6. The van der Waals surface area contributed by atoms with Crippen LogP contribution in [0.25, 0.3) is 0 Å². The molecule has 0 N–H and O–H groups in total. The number of hydrogen-bond donors (Lipinski definition) is 0. The zero-order chi connectivity index (χ0) is 33.3. The Labute approximate surface area is 264 Å². The summed E-state index contributed by atoms with van der Waals surface area (Å²) in [5.41, 5.74) is -1.32. The van der Waals surface area contributed by atoms with Crippen molar-refractivity contribution >= 4 is 29.8 Å². The molecule has 0 aromatic heterocycles. The highest BCUT2D eigenvalue weighted by molar-refractivity contribution is 5.89. The van der Waals surface area contributed by atoms with Crippen LogP contribution in [-0.4, -0.2) is 73.6 Å². The molecule has 45 heavy (non-hydrogen) atoms. The molecular formula is C34H46O11. The smallest absolute Gasteiger partial charge is 0.333 e. The molecule has 0 amide bonds. The summed E-state index contributed by atoms with van der Waals surface area (Å²) in [6.07, 6.45) is 3.98. The lowest BCUT2D eigenvalue weighted by Crippen LogP contribution is -2.71. The van der Waals surface area contributed by atoms with E-state index in [9.17, 15) is 24.0 Å². The summed E-state index contributed by atoms with van der Waals surface area (Å²) >= 11 is 0. The van der Waals surface area contributed by atoms with Gasteiger partial charge in [0.05, 0.1) is 12.0 Å². The van der Waals surface area contributed by atoms with Crippen LogP contribution in [0.15, 0.2) is 34.9 Å². The normalized spacial score (nSPS) is 35.0. The Morgan fingerprint density at radius 1 is 1.02 bits per heavy atom. The number of carbonyl (C=O) groups is 5. The minimum absolute atomic E-state index is 0.0264. The summed E-state index contributed by atoms with van der Waals surface area (Å²) in [5, 5.41) is 0. The third-order valence-corrected chi connectivity index (χ3v) is 10.6. The maximum Gasteiger partial charge on any atom is 0.333 e. The second-order valence-electron chi connectivity index (χ2n) is 13.2. The van der Waals surface area contributed by atoms with Gasteiger partial charge in [-0.15, -0.1) is 0 Å². The van der Waals surface area contributed by atoms with Gasteiger partial charge in [-0.05, 0) is 64.7 Å². The molecule has 2 heterocycles. The third-order valence-electron chi connectivity index (χ3n) is 10.6. The Bertz CT molecular complexity index is 1320. The van der Waals surface area contributed by atoms with E-state index in [1.165, 1.54) is 19.9 Å². The largest absolute Gasteiger partial charge is 0.465 e. The molecule has 0 aromatic carbocycles. The summed E-state index contributed by atoms with van der Waals surface area (Å²) in [6, 6.07) is 0. The van der Waals surface area contributed by atoms with Crippen LogP contribution in [0, 0.1) is 22.7 Å². The molecule has 1 saturated heterocycles. The van der Waals surface area contributed by atoms with Crippen molar-refractivity contribution in [3.05, 3.63) is 34.9 Å². The van der Waals surface area contributed by atoms with Crippen LogP contribution in [0.5, 0.6) is 0 Å². The first-order valence-corrected chi connectivity index (χ1v) is 15.6. The quantitative estimate of drug-likeness (QED) is 0.147. The Hall–Kier alpha value is -3.47. The highest BCUT2D eigenvalue weighted by Gasteiger charge is 2.77. The number of cyclic esters (lactones) is 1. The van der Waals surface area contributed by atoms with Gasteiger partial charge in [0.2, 0.25) is 0 Å². The van der Waals surface area contributed by atoms with Crippen molar-refractivity contribution in [3.8, 4) is 0 Å². The molecule has 4 aliphatic rings. The van der Waals surface area contributed by atoms with Crippen molar-refractivity contribution in [2.45, 2.75) is 105 Å². The average molecular weight is 631 g/mol. The van der Waals surface area contributed by atoms with Gasteiger partial charge in [0.1, 0.15) is 37.1 Å². The topological polar surface area (TPSA) is 144 Å². The number of hydrogen-bond acceptors (Lipinski definition) is 11. The van der Waals surface area contributed by atoms with E-state index in [1.807, 2.05) is 13.8 Å². The lowest BCUT2D eigenvalue weighted by atomic mass is 9.42. The van der Waals surface area contributed by atoms with Gasteiger partial charge in [-0.25, -0.2) is 14.4 Å². The molecule has 11 nitrogen and oxygen atoms in total. The zero-order valence-corrected chi connectivity index (χ0v) is 27.6. The van der Waals surface area contributed by atoms with E-state index < -0.39 is 70.5 Å². The molecule has 11 heteroatoms. The summed E-state index contributed by atoms with van der Waals surface area (Å²) in [6.45, 7) is 13.7. The Kier molecular flexibility index (Phi) is 10.0. The van der Waals surface area contributed by atoms with Gasteiger partial charge < -0.3 is 28.4 Å². The second-order valence-corrected chi connectivity index (χ2v) is 13.2. The van der Waals surface area contributed by atoms with E-state index in [4.69, 9.17) is 28.4 Å². The first-order chi connectivity index (χ1) is 21.1. The standard InChI is InChI=1S/C34H46O11/c1-9-19(3)30(38)44-25-11-12-33(17-42-33)34(18-41-22(6)35)27(43-23(7)36)13-21(5)32(8,29(25)34)15-26(24-14-28(37)40-16-24)45-31(39)20(4)10-2/h9-10,14,21,25-27,29H,11-13,15-18H2,1-8H3/b19-9+,20-10+. The molecular weight excluding hydrogens is 584 g/mol. The minimum atomic E-state index is -1.09. The fourth-order valence-electron chi connectivity index (χ4n) is 7.76. The first kappa shape index (κ1) is 34.4. The van der Waals surface area contributed by atoms with Gasteiger partial charge >= 0.3 is 29.8 Å². The highest BCUT2D eigenvalue weighted by Crippen LogP contribution is 2.70. The number of rotatable bonds is 10. The van der Waals surface area contributed by atoms with Gasteiger partial charge in [0.15, 0.2) is 0 Å². The maximum atomic E-state index is 13.3. The molecule has 8 unspecified atom stereocenters. The number of carbonyl (C=O) groups excluding carboxylic acids is 5. The van der Waals surface area contributed by atoms with Crippen molar-refractivity contribution in [1.82, 2.24) is 0 Å². The minimum Gasteiger partial charge on any atom is -0.465 e. The second kappa shape index (κ2) is 13.1. The zero-order valence-electron chi connectivity index (χ0n) is 27.6. The summed E-state index contributed by atoms with van der Waals surface area (Å²) in [4.78, 5) is 63.5. The van der Waals surface area contributed by atoms with Crippen LogP contribution < -0.4 is 0 Å². The van der Waals surface area contributed by atoms with Crippen molar-refractivity contribution in [1.29, 1.82) is 0 Å². The fraction of sp³-hybridized carbons (Fsp3) is 0.676. The van der Waals surface area contributed by atoms with Crippen LogP contribution in [0.2, 0.25) is 0 Å². The SMILES string of the molecule is C/C=C(\C)C(=O)OC(CC1(C)C(C)CC(OC(C)=O)C2(COC(C)=O)C1C(OC(=O)/C(C)=C/C)CCC21CO1)C1=CC(=O)OC1. The van der Waals surface area contributed by atoms with Crippen LogP contribution in [0.4, 0.5) is 0 Å². The lowest BCUT2D eigenvalue weighted by molar-refractivity contribution is -0.258. The number of allylic oxidation sites excluding steroid dienone is 2. The summed E-state index contributed by atoms with van der Waals surface area (Å²) in [7, 11) is 0. The molecule has 1 spiro atoms. The van der Waals surface area contributed by atoms with Crippen molar-refractivity contribution in [2.75, 3.05) is 19.8 Å². The van der Waals surface area contributed by atoms with Crippen LogP contribution in [-0.2, 0) is 52.4 Å². The van der Waals surface area contributed by atoms with Gasteiger partial charge in [0, 0.05) is 42.6 Å². The molecule has 2 saturated carbocycles. The van der Waals surface area contributed by atoms with E-state index in [0.717, 1.165) is 0 Å². The molecule has 248 valence electrons. The number of ether oxygens (including phenoxy) is 6. The molecule has 0 aromatic rings. The van der Waals surface area contributed by atoms with E-state index in [1.54, 1.807) is 39.8 Å². The molecule has 2 aliphatic carbocycles. The molecule has 0 radical (unpaired) electrons. The first-order valence-electron chi connectivity index (χ1n) is 15.6. The molecule has 3 fully saturated rings. The van der Waals surface area contributed by atoms with E-state index >= 15 is 0 Å². The summed E-state index contributed by atoms with van der Waals surface area (Å²) in [5.74, 6) is -3.29. The molecule has 4 rings (SSSR count). The lowest BCUT2D eigenvalue weighted by Gasteiger charge is -2.64. The van der Waals surface area contributed by atoms with E-state index in [2.05, 4.69) is 0 Å². The monoisotopic (exact) mass is 630 g/mol. The third kappa shape index (κ3) is 6.46. The van der Waals surface area contributed by atoms with Gasteiger partial charge in [-0.1, -0.05) is 26.0 Å². The maximum absolute atomic E-state index is 13.3. The average Bonchev–Trinajstić information content (AvgIpc) is 3.64. The molecule has 0 bridgehead atoms. The predicted octanol–water partition coefficient (Wildman–Crippen LogP) is 4.32. The van der Waals surface area contributed by atoms with Crippen LogP contribution >= 0.6 is 0 Å². The summed E-state index contributed by atoms with van der Waals surface area (Å²) < 4.78 is 35.6. The Morgan fingerprint density at radius 2 is 1.67 bits per heavy atom. The van der Waals surface area contributed by atoms with E-state index in [-0.39, 0.29) is 25.6 Å². The van der Waals surface area contributed by atoms with Crippen molar-refractivity contribution in [2.24, 2.45) is 22.7 Å². The fourth-order valence-corrected chi connectivity index (χ4v) is 7.76. The van der Waals surface area contributed by atoms with Gasteiger partial charge in [0.25, 0.3) is 0 Å². The van der Waals surface area contributed by atoms with E-state index in [0.29, 0.717) is 42.6 Å². The van der Waals surface area contributed by atoms with Crippen LogP contribution in [0.1, 0.15) is 81.1 Å². The molecule has 2 aliphatic heterocycles. The number of fused-ring (bicyclic) bond motifs is 2. The molecule has 8 atom stereocenters. The van der Waals surface area contributed by atoms with Gasteiger partial charge in [-0.2, -0.15) is 0 Å². The number of esters is 5. The van der Waals surface area contributed by atoms with Gasteiger partial charge in [-0.3, -0.25) is 9.59 Å². The Balaban J connectivity index is 1.91. The van der Waals surface area contributed by atoms with Crippen molar-refractivity contribution < 1.29 is 52.4 Å².